The normalized spacial score (nSPS) is 14.1. The molecule has 0 spiro atoms. The topological polar surface area (TPSA) is 50.1 Å². The Morgan fingerprint density at radius 2 is 2.14 bits per heavy atom. The van der Waals surface area contributed by atoms with Crippen LogP contribution in [0.25, 0.3) is 0 Å². The van der Waals surface area contributed by atoms with Crippen molar-refractivity contribution in [3.8, 4) is 0 Å². The molecule has 44 valence electrons. The third-order valence-electron chi connectivity index (χ3n) is 0.795. The maximum Gasteiger partial charge on any atom is 0.0672 e. The van der Waals surface area contributed by atoms with Gasteiger partial charge < -0.3 is 16.4 Å². The lowest BCUT2D eigenvalue weighted by atomic mass is 10.5. The molecule has 0 aromatic carbocycles. The van der Waals surface area contributed by atoms with E-state index in [4.69, 9.17) is 5.73 Å². The Bertz CT molecular complexity index is 37.9. The highest BCUT2D eigenvalue weighted by Gasteiger charge is 1.90. The van der Waals surface area contributed by atoms with Crippen LogP contribution in [0.1, 0.15) is 0 Å². The van der Waals surface area contributed by atoms with E-state index in [1.165, 1.54) is 0 Å². The molecule has 0 rings (SSSR count). The summed E-state index contributed by atoms with van der Waals surface area (Å²) in [7, 11) is 3.71. The standard InChI is InChI=1S/C4H13N3/c1-6-3-4(5)7-2/h4,6-7H,3,5H2,1-2H3. The van der Waals surface area contributed by atoms with Crippen molar-refractivity contribution in [2.75, 3.05) is 20.6 Å². The zero-order chi connectivity index (χ0) is 5.70. The Morgan fingerprint density at radius 1 is 1.57 bits per heavy atom. The van der Waals surface area contributed by atoms with E-state index in [0.29, 0.717) is 0 Å². The highest BCUT2D eigenvalue weighted by Crippen LogP contribution is 1.59. The molecule has 1 unspecified atom stereocenters. The van der Waals surface area contributed by atoms with Crippen LogP contribution in [0.3, 0.4) is 0 Å². The summed E-state index contributed by atoms with van der Waals surface area (Å²) < 4.78 is 0. The van der Waals surface area contributed by atoms with Gasteiger partial charge in [0.25, 0.3) is 0 Å². The second kappa shape index (κ2) is 4.05. The quantitative estimate of drug-likeness (QED) is 0.389. The minimum atomic E-state index is 0.0880. The largest absolute Gasteiger partial charge is 0.317 e. The predicted molar refractivity (Wildman–Crippen MR) is 31.0 cm³/mol. The van der Waals surface area contributed by atoms with Gasteiger partial charge in [-0.2, -0.15) is 0 Å². The number of nitrogens with two attached hydrogens (primary N) is 1. The van der Waals surface area contributed by atoms with Gasteiger partial charge in [0.2, 0.25) is 0 Å². The van der Waals surface area contributed by atoms with Crippen molar-refractivity contribution >= 4 is 0 Å². The van der Waals surface area contributed by atoms with Gasteiger partial charge in [-0.3, -0.25) is 0 Å². The predicted octanol–water partition coefficient (Wildman–Crippen LogP) is -1.29. The van der Waals surface area contributed by atoms with Crippen LogP contribution in [0.2, 0.25) is 0 Å². The van der Waals surface area contributed by atoms with E-state index in [-0.39, 0.29) is 6.17 Å². The zero-order valence-electron chi connectivity index (χ0n) is 4.86. The molecule has 0 radical (unpaired) electrons. The second-order valence-electron chi connectivity index (χ2n) is 1.45. The molecule has 7 heavy (non-hydrogen) atoms. The van der Waals surface area contributed by atoms with Crippen LogP contribution in [0, 0.1) is 0 Å². The summed E-state index contributed by atoms with van der Waals surface area (Å²) in [6.07, 6.45) is 0.0880. The Hall–Kier alpha value is -0.120. The van der Waals surface area contributed by atoms with Crippen LogP contribution >= 0.6 is 0 Å². The molecule has 0 fully saturated rings. The summed E-state index contributed by atoms with van der Waals surface area (Å²) in [6.45, 7) is 0.816. The van der Waals surface area contributed by atoms with Crippen molar-refractivity contribution in [2.45, 2.75) is 6.17 Å². The van der Waals surface area contributed by atoms with E-state index < -0.39 is 0 Å². The fourth-order valence-electron chi connectivity index (χ4n) is 0.322. The van der Waals surface area contributed by atoms with Crippen molar-refractivity contribution in [1.29, 1.82) is 0 Å². The summed E-state index contributed by atoms with van der Waals surface area (Å²) in [5, 5.41) is 5.81. The van der Waals surface area contributed by atoms with Crippen LogP contribution < -0.4 is 16.4 Å². The average Bonchev–Trinajstić information content (AvgIpc) is 1.68. The molecule has 0 bridgehead atoms. The van der Waals surface area contributed by atoms with Crippen LogP contribution in [-0.4, -0.2) is 26.8 Å². The first kappa shape index (κ1) is 6.88. The minimum absolute atomic E-state index is 0.0880. The number of likely N-dealkylation sites (N-methyl/N-ethyl adjacent to an activating group) is 2. The van der Waals surface area contributed by atoms with Crippen LogP contribution in [-0.2, 0) is 0 Å². The molecule has 3 nitrogen and oxygen atoms in total. The maximum absolute atomic E-state index is 5.41. The van der Waals surface area contributed by atoms with Gasteiger partial charge in [0.15, 0.2) is 0 Å². The molecule has 0 saturated carbocycles. The van der Waals surface area contributed by atoms with E-state index in [1.807, 2.05) is 14.1 Å². The number of rotatable bonds is 3. The van der Waals surface area contributed by atoms with E-state index >= 15 is 0 Å². The molecule has 0 heterocycles. The highest BCUT2D eigenvalue weighted by molar-refractivity contribution is 4.54. The molecule has 1 atom stereocenters. The third kappa shape index (κ3) is 3.72. The average molecular weight is 103 g/mol. The second-order valence-corrected chi connectivity index (χ2v) is 1.45. The first-order valence-electron chi connectivity index (χ1n) is 2.38. The lowest BCUT2D eigenvalue weighted by Crippen LogP contribution is -2.42. The van der Waals surface area contributed by atoms with Gasteiger partial charge in [0.05, 0.1) is 6.17 Å². The van der Waals surface area contributed by atoms with Gasteiger partial charge in [-0.1, -0.05) is 0 Å². The van der Waals surface area contributed by atoms with E-state index in [1.54, 1.807) is 0 Å². The lowest BCUT2D eigenvalue weighted by Gasteiger charge is -2.06. The molecule has 4 N–H and O–H groups in total. The molecule has 0 aromatic rings. The Kier molecular flexibility index (Phi) is 3.98. The van der Waals surface area contributed by atoms with Crippen molar-refractivity contribution in [3.05, 3.63) is 0 Å². The minimum Gasteiger partial charge on any atom is -0.317 e. The SMILES string of the molecule is CNCC(N)NC. The number of hydrogen-bond donors (Lipinski definition) is 3. The first-order chi connectivity index (χ1) is 3.31. The maximum atomic E-state index is 5.41. The molecule has 0 amide bonds. The molecule has 0 aliphatic carbocycles. The summed E-state index contributed by atoms with van der Waals surface area (Å²) in [5.41, 5.74) is 5.41. The Morgan fingerprint density at radius 3 is 2.29 bits per heavy atom. The van der Waals surface area contributed by atoms with Crippen molar-refractivity contribution in [3.63, 3.8) is 0 Å². The van der Waals surface area contributed by atoms with Gasteiger partial charge in [-0.05, 0) is 14.1 Å². The molecular formula is C4H13N3. The van der Waals surface area contributed by atoms with E-state index in [0.717, 1.165) is 6.54 Å². The number of nitrogens with one attached hydrogen (secondary N) is 2. The van der Waals surface area contributed by atoms with Crippen LogP contribution in [0.4, 0.5) is 0 Å². The first-order valence-corrected chi connectivity index (χ1v) is 2.38. The molecule has 0 aromatic heterocycles. The van der Waals surface area contributed by atoms with Gasteiger partial charge in [0, 0.05) is 6.54 Å². The van der Waals surface area contributed by atoms with Crippen molar-refractivity contribution < 1.29 is 0 Å². The van der Waals surface area contributed by atoms with E-state index in [2.05, 4.69) is 10.6 Å². The smallest absolute Gasteiger partial charge is 0.0672 e. The fraction of sp³-hybridized carbons (Fsp3) is 1.00. The van der Waals surface area contributed by atoms with Gasteiger partial charge in [0.1, 0.15) is 0 Å². The fourth-order valence-corrected chi connectivity index (χ4v) is 0.322. The summed E-state index contributed by atoms with van der Waals surface area (Å²) >= 11 is 0. The molecule has 0 aliphatic heterocycles. The Balaban J connectivity index is 2.83. The van der Waals surface area contributed by atoms with Gasteiger partial charge in [-0.15, -0.1) is 0 Å². The van der Waals surface area contributed by atoms with Crippen molar-refractivity contribution in [1.82, 2.24) is 10.6 Å². The molecule has 0 saturated heterocycles. The monoisotopic (exact) mass is 103 g/mol. The van der Waals surface area contributed by atoms with Gasteiger partial charge in [-0.25, -0.2) is 0 Å². The summed E-state index contributed by atoms with van der Waals surface area (Å²) in [5.74, 6) is 0. The summed E-state index contributed by atoms with van der Waals surface area (Å²) in [6, 6.07) is 0. The van der Waals surface area contributed by atoms with Crippen LogP contribution in [0.15, 0.2) is 0 Å². The zero-order valence-corrected chi connectivity index (χ0v) is 4.86. The molecule has 3 heteroatoms. The van der Waals surface area contributed by atoms with Crippen molar-refractivity contribution in [2.24, 2.45) is 5.73 Å². The third-order valence-corrected chi connectivity index (χ3v) is 0.795. The molecular weight excluding hydrogens is 90.1 g/mol. The highest BCUT2D eigenvalue weighted by atomic mass is 15.0. The van der Waals surface area contributed by atoms with Crippen LogP contribution in [0.5, 0.6) is 0 Å². The Labute approximate surface area is 44.3 Å². The van der Waals surface area contributed by atoms with Gasteiger partial charge >= 0.3 is 0 Å². The van der Waals surface area contributed by atoms with E-state index in [9.17, 15) is 0 Å². The molecule has 0 aliphatic rings. The number of hydrogen-bond acceptors (Lipinski definition) is 3. The summed E-state index contributed by atoms with van der Waals surface area (Å²) in [4.78, 5) is 0. The lowest BCUT2D eigenvalue weighted by molar-refractivity contribution is 0.551.